The average molecular weight is 400 g/mol. The molecular weight excluding hydrogens is 371 g/mol. The third-order valence-corrected chi connectivity index (χ3v) is 3.37. The first kappa shape index (κ1) is 19.9. The lowest BCUT2D eigenvalue weighted by Gasteiger charge is -2.38. The number of guanidine groups is 1. The van der Waals surface area contributed by atoms with Crippen LogP contribution in [0.5, 0.6) is 0 Å². The second-order valence-electron chi connectivity index (χ2n) is 4.88. The number of nitrogens with zero attached hydrogens (tertiary/aromatic N) is 2. The van der Waals surface area contributed by atoms with Crippen molar-refractivity contribution in [3.8, 4) is 0 Å². The number of hydrogen-bond donors (Lipinski definition) is 2. The Bertz CT molecular complexity index is 279. The number of morpholine rings is 1. The van der Waals surface area contributed by atoms with E-state index in [4.69, 9.17) is 9.47 Å². The number of nitrogens with one attached hydrogen (secondary N) is 2. The molecule has 0 aliphatic carbocycles. The summed E-state index contributed by atoms with van der Waals surface area (Å²) in [6.07, 6.45) is 0. The number of rotatable bonds is 6. The van der Waals surface area contributed by atoms with Gasteiger partial charge in [0.2, 0.25) is 0 Å². The van der Waals surface area contributed by atoms with Crippen molar-refractivity contribution in [1.82, 2.24) is 15.5 Å². The second kappa shape index (κ2) is 11.5. The molecule has 1 aliphatic rings. The third kappa shape index (κ3) is 7.05. The quantitative estimate of drug-likeness (QED) is 0.295. The molecule has 1 saturated heterocycles. The van der Waals surface area contributed by atoms with Crippen molar-refractivity contribution in [1.29, 1.82) is 0 Å². The van der Waals surface area contributed by atoms with E-state index in [2.05, 4.69) is 34.4 Å². The molecule has 0 amide bonds. The monoisotopic (exact) mass is 400 g/mol. The van der Waals surface area contributed by atoms with Gasteiger partial charge in [-0.1, -0.05) is 0 Å². The summed E-state index contributed by atoms with van der Waals surface area (Å²) in [6, 6.07) is 0.939. The maximum atomic E-state index is 5.46. The van der Waals surface area contributed by atoms with Crippen LogP contribution in [-0.2, 0) is 9.47 Å². The Kier molecular flexibility index (Phi) is 11.5. The van der Waals surface area contributed by atoms with Gasteiger partial charge in [0.15, 0.2) is 5.96 Å². The topological polar surface area (TPSA) is 58.1 Å². The van der Waals surface area contributed by atoms with E-state index in [-0.39, 0.29) is 24.0 Å². The summed E-state index contributed by atoms with van der Waals surface area (Å²) >= 11 is 0. The lowest BCUT2D eigenvalue weighted by Crippen LogP contribution is -2.53. The first-order chi connectivity index (χ1) is 9.19. The van der Waals surface area contributed by atoms with E-state index in [1.165, 1.54) is 0 Å². The van der Waals surface area contributed by atoms with Gasteiger partial charge in [0, 0.05) is 45.9 Å². The Hall–Kier alpha value is -0.120. The third-order valence-electron chi connectivity index (χ3n) is 3.37. The molecule has 6 nitrogen and oxygen atoms in total. The van der Waals surface area contributed by atoms with E-state index in [0.717, 1.165) is 38.8 Å². The average Bonchev–Trinajstić information content (AvgIpc) is 2.43. The number of ether oxygens (including phenoxy) is 2. The van der Waals surface area contributed by atoms with Crippen LogP contribution in [0.15, 0.2) is 4.99 Å². The highest BCUT2D eigenvalue weighted by atomic mass is 127. The fourth-order valence-electron chi connectivity index (χ4n) is 2.25. The van der Waals surface area contributed by atoms with Crippen molar-refractivity contribution < 1.29 is 9.47 Å². The van der Waals surface area contributed by atoms with Crippen LogP contribution in [0.2, 0.25) is 0 Å². The van der Waals surface area contributed by atoms with E-state index < -0.39 is 0 Å². The molecule has 0 radical (unpaired) electrons. The van der Waals surface area contributed by atoms with Crippen LogP contribution in [-0.4, -0.2) is 76.6 Å². The molecule has 0 aromatic rings. The van der Waals surface area contributed by atoms with Gasteiger partial charge in [-0.15, -0.1) is 24.0 Å². The van der Waals surface area contributed by atoms with Gasteiger partial charge < -0.3 is 20.1 Å². The summed E-state index contributed by atoms with van der Waals surface area (Å²) in [7, 11) is 3.48. The van der Waals surface area contributed by atoms with Crippen LogP contribution in [0.1, 0.15) is 13.8 Å². The molecular formula is C13H29IN4O2. The van der Waals surface area contributed by atoms with Gasteiger partial charge >= 0.3 is 0 Å². The second-order valence-corrected chi connectivity index (χ2v) is 4.88. The number of aliphatic imine (C=N–C) groups is 1. The molecule has 0 aromatic heterocycles. The van der Waals surface area contributed by atoms with Gasteiger partial charge in [0.1, 0.15) is 0 Å². The van der Waals surface area contributed by atoms with Crippen molar-refractivity contribution in [3.05, 3.63) is 0 Å². The zero-order valence-electron chi connectivity index (χ0n) is 13.0. The normalized spacial score (nSPS) is 22.0. The highest BCUT2D eigenvalue weighted by Gasteiger charge is 2.23. The van der Waals surface area contributed by atoms with Crippen molar-refractivity contribution in [2.45, 2.75) is 25.9 Å². The molecule has 0 saturated carbocycles. The zero-order chi connectivity index (χ0) is 14.1. The van der Waals surface area contributed by atoms with Gasteiger partial charge in [0.25, 0.3) is 0 Å². The van der Waals surface area contributed by atoms with Gasteiger partial charge in [0.05, 0.1) is 19.8 Å². The van der Waals surface area contributed by atoms with Crippen molar-refractivity contribution >= 4 is 29.9 Å². The number of hydrogen-bond acceptors (Lipinski definition) is 4. The molecule has 2 unspecified atom stereocenters. The molecule has 0 aromatic carbocycles. The number of halogens is 1. The fourth-order valence-corrected chi connectivity index (χ4v) is 2.25. The van der Waals surface area contributed by atoms with Crippen LogP contribution in [0, 0.1) is 0 Å². The van der Waals surface area contributed by atoms with E-state index in [9.17, 15) is 0 Å². The SMILES string of the molecule is CN=C(NCCOC)NCC(C)N1CCOCC1C.I. The Labute approximate surface area is 139 Å². The molecule has 0 bridgehead atoms. The summed E-state index contributed by atoms with van der Waals surface area (Å²) in [4.78, 5) is 6.66. The summed E-state index contributed by atoms with van der Waals surface area (Å²) in [5.41, 5.74) is 0. The Morgan fingerprint density at radius 1 is 1.50 bits per heavy atom. The molecule has 20 heavy (non-hydrogen) atoms. The summed E-state index contributed by atoms with van der Waals surface area (Å²) in [5, 5.41) is 6.56. The highest BCUT2D eigenvalue weighted by Crippen LogP contribution is 2.09. The van der Waals surface area contributed by atoms with Crippen LogP contribution in [0.4, 0.5) is 0 Å². The standard InChI is InChI=1S/C13H28N4O2.HI/c1-11(17-6-8-19-10-12(17)2)9-16-13(14-3)15-5-7-18-4;/h11-12H,5-10H2,1-4H3,(H2,14,15,16);1H. The molecule has 1 heterocycles. The summed E-state index contributed by atoms with van der Waals surface area (Å²) < 4.78 is 10.5. The maximum Gasteiger partial charge on any atom is 0.191 e. The fraction of sp³-hybridized carbons (Fsp3) is 0.923. The van der Waals surface area contributed by atoms with Crippen molar-refractivity contribution in [2.75, 3.05) is 53.6 Å². The van der Waals surface area contributed by atoms with Crippen LogP contribution < -0.4 is 10.6 Å². The summed E-state index contributed by atoms with van der Waals surface area (Å²) in [5.74, 6) is 0.824. The Morgan fingerprint density at radius 2 is 2.25 bits per heavy atom. The largest absolute Gasteiger partial charge is 0.383 e. The lowest BCUT2D eigenvalue weighted by molar-refractivity contribution is -0.0174. The minimum absolute atomic E-state index is 0. The molecule has 1 aliphatic heterocycles. The molecule has 0 spiro atoms. The van der Waals surface area contributed by atoms with Gasteiger partial charge in [-0.3, -0.25) is 9.89 Å². The van der Waals surface area contributed by atoms with Crippen molar-refractivity contribution in [2.24, 2.45) is 4.99 Å². The Morgan fingerprint density at radius 3 is 2.85 bits per heavy atom. The number of methoxy groups -OCH3 is 1. The maximum absolute atomic E-state index is 5.46. The first-order valence-electron chi connectivity index (χ1n) is 6.96. The van der Waals surface area contributed by atoms with E-state index >= 15 is 0 Å². The summed E-state index contributed by atoms with van der Waals surface area (Å²) in [6.45, 7) is 9.41. The predicted molar refractivity (Wildman–Crippen MR) is 93.1 cm³/mol. The van der Waals surface area contributed by atoms with E-state index in [1.807, 2.05) is 0 Å². The minimum atomic E-state index is 0. The Balaban J connectivity index is 0.00000361. The zero-order valence-corrected chi connectivity index (χ0v) is 15.3. The van der Waals surface area contributed by atoms with Gasteiger partial charge in [-0.25, -0.2) is 0 Å². The molecule has 1 rings (SSSR count). The van der Waals surface area contributed by atoms with Gasteiger partial charge in [-0.05, 0) is 13.8 Å². The molecule has 2 atom stereocenters. The molecule has 7 heteroatoms. The van der Waals surface area contributed by atoms with Crippen LogP contribution in [0.25, 0.3) is 0 Å². The van der Waals surface area contributed by atoms with E-state index in [0.29, 0.717) is 18.7 Å². The smallest absolute Gasteiger partial charge is 0.191 e. The first-order valence-corrected chi connectivity index (χ1v) is 6.96. The van der Waals surface area contributed by atoms with Crippen LogP contribution in [0.3, 0.4) is 0 Å². The lowest BCUT2D eigenvalue weighted by atomic mass is 10.2. The predicted octanol–water partition coefficient (Wildman–Crippen LogP) is 0.525. The molecule has 1 fully saturated rings. The van der Waals surface area contributed by atoms with Crippen LogP contribution >= 0.6 is 24.0 Å². The highest BCUT2D eigenvalue weighted by molar-refractivity contribution is 14.0. The minimum Gasteiger partial charge on any atom is -0.383 e. The van der Waals surface area contributed by atoms with Crippen molar-refractivity contribution in [3.63, 3.8) is 0 Å². The molecule has 120 valence electrons. The van der Waals surface area contributed by atoms with Gasteiger partial charge in [-0.2, -0.15) is 0 Å². The molecule has 2 N–H and O–H groups in total. The van der Waals surface area contributed by atoms with E-state index in [1.54, 1.807) is 14.2 Å².